The van der Waals surface area contributed by atoms with E-state index in [0.717, 1.165) is 5.69 Å². The fourth-order valence-electron chi connectivity index (χ4n) is 1.23. The molecule has 0 saturated carbocycles. The Bertz CT molecular complexity index is 441. The average molecular weight is 207 g/mol. The molecule has 0 aliphatic heterocycles. The molecule has 0 aromatic carbocycles. The van der Waals surface area contributed by atoms with E-state index < -0.39 is 0 Å². The quantitative estimate of drug-likeness (QED) is 0.731. The van der Waals surface area contributed by atoms with Gasteiger partial charge in [0.2, 0.25) is 0 Å². The maximum atomic E-state index is 5.65. The van der Waals surface area contributed by atoms with Gasteiger partial charge < -0.3 is 5.73 Å². The standard InChI is InChI=1S/C8H13N7/c1-6(9)8-10-5-15(12-8)4-7-3-14(2)13-11-7/h3,5-6H,4,9H2,1-2H3. The van der Waals surface area contributed by atoms with Crippen LogP contribution in [0.15, 0.2) is 12.5 Å². The molecule has 2 N–H and O–H groups in total. The first-order chi connectivity index (χ1) is 7.15. The first kappa shape index (κ1) is 9.78. The van der Waals surface area contributed by atoms with Crippen molar-refractivity contribution in [3.63, 3.8) is 0 Å². The first-order valence-corrected chi connectivity index (χ1v) is 4.65. The Morgan fingerprint density at radius 1 is 1.53 bits per heavy atom. The van der Waals surface area contributed by atoms with E-state index in [0.29, 0.717) is 12.4 Å². The Kier molecular flexibility index (Phi) is 2.46. The summed E-state index contributed by atoms with van der Waals surface area (Å²) in [5, 5.41) is 12.0. The normalized spacial score (nSPS) is 13.0. The molecule has 2 aromatic heterocycles. The molecule has 2 heterocycles. The van der Waals surface area contributed by atoms with Crippen LogP contribution in [0.2, 0.25) is 0 Å². The maximum absolute atomic E-state index is 5.65. The van der Waals surface area contributed by atoms with Crippen LogP contribution in [0, 0.1) is 0 Å². The molecule has 0 amide bonds. The zero-order valence-electron chi connectivity index (χ0n) is 8.70. The molecule has 2 rings (SSSR count). The van der Waals surface area contributed by atoms with Gasteiger partial charge in [0.25, 0.3) is 0 Å². The Morgan fingerprint density at radius 2 is 2.33 bits per heavy atom. The van der Waals surface area contributed by atoms with Gasteiger partial charge in [0.1, 0.15) is 12.0 Å². The minimum Gasteiger partial charge on any atom is -0.321 e. The van der Waals surface area contributed by atoms with E-state index >= 15 is 0 Å². The van der Waals surface area contributed by atoms with Crippen LogP contribution < -0.4 is 5.73 Å². The molecule has 0 aliphatic rings. The van der Waals surface area contributed by atoms with Crippen molar-refractivity contribution in [2.45, 2.75) is 19.5 Å². The summed E-state index contributed by atoms with van der Waals surface area (Å²) < 4.78 is 3.35. The van der Waals surface area contributed by atoms with Gasteiger partial charge >= 0.3 is 0 Å². The van der Waals surface area contributed by atoms with Gasteiger partial charge in [-0.3, -0.25) is 4.68 Å². The van der Waals surface area contributed by atoms with Crippen molar-refractivity contribution < 1.29 is 0 Å². The Morgan fingerprint density at radius 3 is 2.87 bits per heavy atom. The second kappa shape index (κ2) is 3.77. The van der Waals surface area contributed by atoms with Crippen molar-refractivity contribution in [3.8, 4) is 0 Å². The lowest BCUT2D eigenvalue weighted by Crippen LogP contribution is -2.08. The molecule has 0 bridgehead atoms. The van der Waals surface area contributed by atoms with E-state index in [1.165, 1.54) is 0 Å². The second-order valence-electron chi connectivity index (χ2n) is 3.47. The number of nitrogens with zero attached hydrogens (tertiary/aromatic N) is 6. The molecule has 1 atom stereocenters. The van der Waals surface area contributed by atoms with Gasteiger partial charge in [-0.25, -0.2) is 9.67 Å². The zero-order valence-corrected chi connectivity index (χ0v) is 8.70. The molecule has 7 nitrogen and oxygen atoms in total. The molecule has 0 radical (unpaired) electrons. The van der Waals surface area contributed by atoms with Gasteiger partial charge in [0, 0.05) is 13.2 Å². The minimum absolute atomic E-state index is 0.145. The number of hydrogen-bond donors (Lipinski definition) is 1. The SMILES string of the molecule is CC(N)c1ncn(Cc2cn(C)nn2)n1. The molecule has 0 fully saturated rings. The van der Waals surface area contributed by atoms with Crippen molar-refractivity contribution in [2.24, 2.45) is 12.8 Å². The zero-order chi connectivity index (χ0) is 10.8. The minimum atomic E-state index is -0.145. The molecular formula is C8H13N7. The van der Waals surface area contributed by atoms with E-state index in [1.54, 1.807) is 15.7 Å². The molecule has 1 unspecified atom stereocenters. The van der Waals surface area contributed by atoms with Crippen molar-refractivity contribution in [3.05, 3.63) is 24.0 Å². The third-order valence-corrected chi connectivity index (χ3v) is 1.94. The summed E-state index contributed by atoms with van der Waals surface area (Å²) in [5.74, 6) is 0.638. The molecule has 0 saturated heterocycles. The lowest BCUT2D eigenvalue weighted by atomic mass is 10.3. The van der Waals surface area contributed by atoms with Crippen molar-refractivity contribution in [2.75, 3.05) is 0 Å². The smallest absolute Gasteiger partial charge is 0.166 e. The number of aromatic nitrogens is 6. The summed E-state index contributed by atoms with van der Waals surface area (Å²) in [4.78, 5) is 4.09. The van der Waals surface area contributed by atoms with Gasteiger partial charge in [0.15, 0.2) is 5.82 Å². The summed E-state index contributed by atoms with van der Waals surface area (Å²) in [6.07, 6.45) is 3.49. The Balaban J connectivity index is 2.11. The maximum Gasteiger partial charge on any atom is 0.166 e. The van der Waals surface area contributed by atoms with E-state index in [4.69, 9.17) is 5.73 Å². The largest absolute Gasteiger partial charge is 0.321 e. The Labute approximate surface area is 86.9 Å². The summed E-state index contributed by atoms with van der Waals surface area (Å²) in [6.45, 7) is 2.41. The highest BCUT2D eigenvalue weighted by atomic mass is 15.4. The average Bonchev–Trinajstić information content (AvgIpc) is 2.76. The van der Waals surface area contributed by atoms with E-state index in [2.05, 4.69) is 20.4 Å². The van der Waals surface area contributed by atoms with Crippen LogP contribution in [-0.2, 0) is 13.6 Å². The van der Waals surface area contributed by atoms with Gasteiger partial charge in [-0.2, -0.15) is 5.10 Å². The van der Waals surface area contributed by atoms with Gasteiger partial charge in [0.05, 0.1) is 12.6 Å². The molecule has 0 spiro atoms. The molecule has 15 heavy (non-hydrogen) atoms. The summed E-state index contributed by atoms with van der Waals surface area (Å²) in [6, 6.07) is -0.145. The summed E-state index contributed by atoms with van der Waals surface area (Å²) in [7, 11) is 1.82. The third-order valence-electron chi connectivity index (χ3n) is 1.94. The number of hydrogen-bond acceptors (Lipinski definition) is 5. The topological polar surface area (TPSA) is 87.4 Å². The lowest BCUT2D eigenvalue weighted by Gasteiger charge is -1.97. The molecular weight excluding hydrogens is 194 g/mol. The molecule has 80 valence electrons. The highest BCUT2D eigenvalue weighted by Gasteiger charge is 2.06. The summed E-state index contributed by atoms with van der Waals surface area (Å²) in [5.41, 5.74) is 6.50. The molecule has 7 heteroatoms. The van der Waals surface area contributed by atoms with Gasteiger partial charge in [-0.05, 0) is 6.92 Å². The van der Waals surface area contributed by atoms with Crippen LogP contribution >= 0.6 is 0 Å². The Hall–Kier alpha value is -1.76. The second-order valence-corrected chi connectivity index (χ2v) is 3.47. The van der Waals surface area contributed by atoms with Crippen molar-refractivity contribution in [1.29, 1.82) is 0 Å². The number of nitrogens with two attached hydrogens (primary N) is 1. The van der Waals surface area contributed by atoms with E-state index in [9.17, 15) is 0 Å². The number of aryl methyl sites for hydroxylation is 1. The van der Waals surface area contributed by atoms with Gasteiger partial charge in [-0.1, -0.05) is 5.21 Å². The van der Waals surface area contributed by atoms with Crippen LogP contribution in [0.5, 0.6) is 0 Å². The first-order valence-electron chi connectivity index (χ1n) is 4.65. The van der Waals surface area contributed by atoms with Crippen LogP contribution in [0.4, 0.5) is 0 Å². The highest BCUT2D eigenvalue weighted by Crippen LogP contribution is 2.02. The fourth-order valence-corrected chi connectivity index (χ4v) is 1.23. The molecule has 0 aliphatic carbocycles. The van der Waals surface area contributed by atoms with Crippen molar-refractivity contribution in [1.82, 2.24) is 29.8 Å². The van der Waals surface area contributed by atoms with E-state index in [-0.39, 0.29) is 6.04 Å². The van der Waals surface area contributed by atoms with Crippen LogP contribution in [0.1, 0.15) is 24.5 Å². The molecule has 2 aromatic rings. The predicted octanol–water partition coefficient (Wildman–Crippen LogP) is -0.525. The third kappa shape index (κ3) is 2.18. The van der Waals surface area contributed by atoms with Crippen LogP contribution in [0.3, 0.4) is 0 Å². The summed E-state index contributed by atoms with van der Waals surface area (Å²) >= 11 is 0. The lowest BCUT2D eigenvalue weighted by molar-refractivity contribution is 0.638. The highest BCUT2D eigenvalue weighted by molar-refractivity contribution is 4.94. The van der Waals surface area contributed by atoms with E-state index in [1.807, 2.05) is 20.2 Å². The van der Waals surface area contributed by atoms with Crippen molar-refractivity contribution >= 4 is 0 Å². The fraction of sp³-hybridized carbons (Fsp3) is 0.500. The van der Waals surface area contributed by atoms with Crippen LogP contribution in [-0.4, -0.2) is 29.8 Å². The monoisotopic (exact) mass is 207 g/mol. The predicted molar refractivity (Wildman–Crippen MR) is 52.7 cm³/mol. The number of rotatable bonds is 3. The van der Waals surface area contributed by atoms with Gasteiger partial charge in [-0.15, -0.1) is 5.10 Å². The van der Waals surface area contributed by atoms with Crippen LogP contribution in [0.25, 0.3) is 0 Å².